The van der Waals surface area contributed by atoms with Crippen molar-refractivity contribution in [1.82, 2.24) is 0 Å². The van der Waals surface area contributed by atoms with Crippen LogP contribution in [0, 0.1) is 18.2 Å². The molecule has 1 aromatic rings. The molecule has 0 saturated heterocycles. The molecule has 3 N–H and O–H groups in total. The number of rotatable bonds is 4. The van der Waals surface area contributed by atoms with E-state index < -0.39 is 11.9 Å². The Morgan fingerprint density at radius 2 is 2.00 bits per heavy atom. The van der Waals surface area contributed by atoms with Gasteiger partial charge < -0.3 is 15.6 Å². The van der Waals surface area contributed by atoms with E-state index in [-0.39, 0.29) is 23.8 Å². The van der Waals surface area contributed by atoms with Gasteiger partial charge >= 0.3 is 0 Å². The van der Waals surface area contributed by atoms with E-state index in [9.17, 15) is 9.50 Å². The third-order valence-electron chi connectivity index (χ3n) is 2.95. The second kappa shape index (κ2) is 5.67. The van der Waals surface area contributed by atoms with Gasteiger partial charge in [-0.2, -0.15) is 0 Å². The standard InChI is InChI=1S/C14H22FNO2/c1-9-5-6-10(15)11(7-9)18-12(8-17)13(16)14(2,3)4/h5-7,12-13,17H,8,16H2,1-4H3. The quantitative estimate of drug-likeness (QED) is 0.867. The maximum absolute atomic E-state index is 13.6. The highest BCUT2D eigenvalue weighted by Crippen LogP contribution is 2.25. The third kappa shape index (κ3) is 3.68. The Labute approximate surface area is 108 Å². The summed E-state index contributed by atoms with van der Waals surface area (Å²) in [6, 6.07) is 4.23. The van der Waals surface area contributed by atoms with Crippen LogP contribution in [-0.2, 0) is 0 Å². The smallest absolute Gasteiger partial charge is 0.165 e. The minimum absolute atomic E-state index is 0.133. The molecule has 0 amide bonds. The molecule has 0 aliphatic carbocycles. The van der Waals surface area contributed by atoms with Crippen molar-refractivity contribution in [2.45, 2.75) is 39.8 Å². The number of aliphatic hydroxyl groups is 1. The minimum Gasteiger partial charge on any atom is -0.483 e. The van der Waals surface area contributed by atoms with Gasteiger partial charge in [-0.1, -0.05) is 26.8 Å². The van der Waals surface area contributed by atoms with Crippen LogP contribution in [0.2, 0.25) is 0 Å². The van der Waals surface area contributed by atoms with Crippen molar-refractivity contribution in [2.75, 3.05) is 6.61 Å². The van der Waals surface area contributed by atoms with E-state index in [1.165, 1.54) is 6.07 Å². The van der Waals surface area contributed by atoms with Crippen LogP contribution >= 0.6 is 0 Å². The second-order valence-electron chi connectivity index (χ2n) is 5.66. The molecular weight excluding hydrogens is 233 g/mol. The number of hydrogen-bond donors (Lipinski definition) is 2. The Bertz CT molecular complexity index is 401. The number of hydrogen-bond acceptors (Lipinski definition) is 3. The van der Waals surface area contributed by atoms with Gasteiger partial charge in [-0.05, 0) is 30.0 Å². The summed E-state index contributed by atoms with van der Waals surface area (Å²) in [5.74, 6) is -0.311. The van der Waals surface area contributed by atoms with Gasteiger partial charge in [0.05, 0.1) is 6.61 Å². The highest BCUT2D eigenvalue weighted by molar-refractivity contribution is 5.29. The van der Waals surface area contributed by atoms with Crippen molar-refractivity contribution in [3.8, 4) is 5.75 Å². The molecule has 0 saturated carbocycles. The third-order valence-corrected chi connectivity index (χ3v) is 2.95. The largest absolute Gasteiger partial charge is 0.483 e. The SMILES string of the molecule is Cc1ccc(F)c(OC(CO)C(N)C(C)(C)C)c1. The zero-order valence-corrected chi connectivity index (χ0v) is 11.4. The number of nitrogens with two attached hydrogens (primary N) is 1. The van der Waals surface area contributed by atoms with Gasteiger partial charge in [0.2, 0.25) is 0 Å². The van der Waals surface area contributed by atoms with Crippen LogP contribution in [0.25, 0.3) is 0 Å². The Balaban J connectivity index is 2.89. The lowest BCUT2D eigenvalue weighted by Gasteiger charge is -2.33. The molecule has 1 aromatic carbocycles. The summed E-state index contributed by atoms with van der Waals surface area (Å²) in [7, 11) is 0. The van der Waals surface area contributed by atoms with E-state index in [2.05, 4.69) is 0 Å². The number of ether oxygens (including phenoxy) is 1. The normalized spacial score (nSPS) is 15.3. The number of halogens is 1. The maximum atomic E-state index is 13.6. The Hall–Kier alpha value is -1.13. The zero-order chi connectivity index (χ0) is 13.9. The van der Waals surface area contributed by atoms with Crippen LogP contribution in [0.1, 0.15) is 26.3 Å². The van der Waals surface area contributed by atoms with Crippen LogP contribution in [0.4, 0.5) is 4.39 Å². The van der Waals surface area contributed by atoms with Crippen LogP contribution in [-0.4, -0.2) is 23.9 Å². The fraction of sp³-hybridized carbons (Fsp3) is 0.571. The molecule has 102 valence electrons. The van der Waals surface area contributed by atoms with Crippen LogP contribution in [0.5, 0.6) is 5.75 Å². The van der Waals surface area contributed by atoms with E-state index in [0.717, 1.165) is 5.56 Å². The summed E-state index contributed by atoms with van der Waals surface area (Å²) in [6.45, 7) is 7.47. The summed E-state index contributed by atoms with van der Waals surface area (Å²) in [6.07, 6.45) is -0.624. The zero-order valence-electron chi connectivity index (χ0n) is 11.4. The number of benzene rings is 1. The molecule has 0 aliphatic heterocycles. The Morgan fingerprint density at radius 3 is 2.50 bits per heavy atom. The lowest BCUT2D eigenvalue weighted by atomic mass is 9.84. The van der Waals surface area contributed by atoms with Gasteiger partial charge in [-0.25, -0.2) is 4.39 Å². The van der Waals surface area contributed by atoms with Gasteiger partial charge in [0.15, 0.2) is 11.6 Å². The average Bonchev–Trinajstić information content (AvgIpc) is 2.28. The molecule has 4 heteroatoms. The van der Waals surface area contributed by atoms with E-state index in [4.69, 9.17) is 10.5 Å². The summed E-state index contributed by atoms with van der Waals surface area (Å²) in [5, 5.41) is 9.35. The van der Waals surface area contributed by atoms with Crippen molar-refractivity contribution in [2.24, 2.45) is 11.1 Å². The van der Waals surface area contributed by atoms with Crippen molar-refractivity contribution < 1.29 is 14.2 Å². The Kier molecular flexibility index (Phi) is 4.71. The molecule has 0 radical (unpaired) electrons. The summed E-state index contributed by atoms with van der Waals surface area (Å²) >= 11 is 0. The van der Waals surface area contributed by atoms with E-state index >= 15 is 0 Å². The summed E-state index contributed by atoms with van der Waals surface area (Å²) in [5.41, 5.74) is 6.70. The monoisotopic (exact) mass is 255 g/mol. The Morgan fingerprint density at radius 1 is 1.39 bits per heavy atom. The molecule has 0 bridgehead atoms. The second-order valence-corrected chi connectivity index (χ2v) is 5.66. The van der Waals surface area contributed by atoms with Gasteiger partial charge in [-0.3, -0.25) is 0 Å². The lowest BCUT2D eigenvalue weighted by Crippen LogP contribution is -2.49. The number of aryl methyl sites for hydroxylation is 1. The van der Waals surface area contributed by atoms with Crippen LogP contribution in [0.3, 0.4) is 0 Å². The first-order valence-electron chi connectivity index (χ1n) is 6.05. The molecule has 0 heterocycles. The predicted molar refractivity (Wildman–Crippen MR) is 70.1 cm³/mol. The average molecular weight is 255 g/mol. The van der Waals surface area contributed by atoms with Crippen molar-refractivity contribution in [1.29, 1.82) is 0 Å². The van der Waals surface area contributed by atoms with Crippen molar-refractivity contribution >= 4 is 0 Å². The first-order valence-corrected chi connectivity index (χ1v) is 6.05. The van der Waals surface area contributed by atoms with Crippen LogP contribution < -0.4 is 10.5 Å². The predicted octanol–water partition coefficient (Wildman–Crippen LogP) is 2.25. The molecule has 3 nitrogen and oxygen atoms in total. The topological polar surface area (TPSA) is 55.5 Å². The van der Waals surface area contributed by atoms with Crippen LogP contribution in [0.15, 0.2) is 18.2 Å². The fourth-order valence-electron chi connectivity index (χ4n) is 1.65. The molecule has 0 spiro atoms. The highest BCUT2D eigenvalue weighted by Gasteiger charge is 2.30. The summed E-state index contributed by atoms with van der Waals surface area (Å²) in [4.78, 5) is 0. The van der Waals surface area contributed by atoms with Gasteiger partial charge in [0, 0.05) is 6.04 Å². The van der Waals surface area contributed by atoms with Crippen molar-refractivity contribution in [3.05, 3.63) is 29.6 Å². The first kappa shape index (κ1) is 14.9. The van der Waals surface area contributed by atoms with E-state index in [1.807, 2.05) is 27.7 Å². The maximum Gasteiger partial charge on any atom is 0.165 e. The summed E-state index contributed by atoms with van der Waals surface area (Å²) < 4.78 is 19.1. The molecular formula is C14H22FNO2. The molecule has 2 atom stereocenters. The van der Waals surface area contributed by atoms with E-state index in [0.29, 0.717) is 0 Å². The molecule has 0 aliphatic rings. The van der Waals surface area contributed by atoms with Gasteiger partial charge in [-0.15, -0.1) is 0 Å². The van der Waals surface area contributed by atoms with E-state index in [1.54, 1.807) is 12.1 Å². The molecule has 1 rings (SSSR count). The minimum atomic E-state index is -0.624. The number of aliphatic hydroxyl groups excluding tert-OH is 1. The molecule has 18 heavy (non-hydrogen) atoms. The fourth-order valence-corrected chi connectivity index (χ4v) is 1.65. The first-order chi connectivity index (χ1) is 8.25. The molecule has 0 aromatic heterocycles. The van der Waals surface area contributed by atoms with Gasteiger partial charge in [0.1, 0.15) is 6.10 Å². The highest BCUT2D eigenvalue weighted by atomic mass is 19.1. The van der Waals surface area contributed by atoms with Gasteiger partial charge in [0.25, 0.3) is 0 Å². The molecule has 2 unspecified atom stereocenters. The molecule has 0 fully saturated rings. The lowest BCUT2D eigenvalue weighted by molar-refractivity contribution is 0.0563. The van der Waals surface area contributed by atoms with Crippen molar-refractivity contribution in [3.63, 3.8) is 0 Å².